The van der Waals surface area contributed by atoms with Crippen molar-refractivity contribution >= 4 is 0 Å². The van der Waals surface area contributed by atoms with Crippen LogP contribution in [0.3, 0.4) is 0 Å². The number of nitrogens with zero attached hydrogens (tertiary/aromatic N) is 1. The lowest BCUT2D eigenvalue weighted by Gasteiger charge is -2.43. The molecule has 0 radical (unpaired) electrons. The third-order valence-electron chi connectivity index (χ3n) is 6.21. The molecule has 0 saturated heterocycles. The molecule has 118 valence electrons. The van der Waals surface area contributed by atoms with E-state index in [1.807, 2.05) is 0 Å². The van der Waals surface area contributed by atoms with Crippen LogP contribution in [0, 0.1) is 17.3 Å². The highest BCUT2D eigenvalue weighted by Crippen LogP contribution is 2.41. The summed E-state index contributed by atoms with van der Waals surface area (Å²) in [6.07, 6.45) is 11.2. The molecule has 1 unspecified atom stereocenters. The Kier molecular flexibility index (Phi) is 5.53. The summed E-state index contributed by atoms with van der Waals surface area (Å²) in [7, 11) is 2.34. The molecule has 2 rings (SSSR count). The van der Waals surface area contributed by atoms with Crippen LogP contribution in [0.5, 0.6) is 0 Å². The first-order valence-corrected chi connectivity index (χ1v) is 8.85. The fraction of sp³-hybridized carbons (Fsp3) is 1.00. The summed E-state index contributed by atoms with van der Waals surface area (Å²) < 4.78 is 0. The third kappa shape index (κ3) is 3.76. The summed E-state index contributed by atoms with van der Waals surface area (Å²) in [5, 5.41) is 0. The highest BCUT2D eigenvalue weighted by molar-refractivity contribution is 4.89. The minimum absolute atomic E-state index is 0.487. The first-order valence-electron chi connectivity index (χ1n) is 8.85. The summed E-state index contributed by atoms with van der Waals surface area (Å²) in [5.41, 5.74) is 6.64. The molecule has 0 heterocycles. The van der Waals surface area contributed by atoms with E-state index < -0.39 is 0 Å². The van der Waals surface area contributed by atoms with Crippen molar-refractivity contribution < 1.29 is 0 Å². The lowest BCUT2D eigenvalue weighted by atomic mass is 9.68. The number of likely N-dealkylation sites (N-methyl/N-ethyl adjacent to an activating group) is 1. The summed E-state index contributed by atoms with van der Waals surface area (Å²) >= 11 is 0. The lowest BCUT2D eigenvalue weighted by Crippen LogP contribution is -2.48. The number of rotatable bonds is 4. The molecule has 2 nitrogen and oxygen atoms in total. The Labute approximate surface area is 126 Å². The molecule has 0 aromatic carbocycles. The molecule has 0 aliphatic heterocycles. The van der Waals surface area contributed by atoms with Crippen LogP contribution in [-0.2, 0) is 0 Å². The minimum Gasteiger partial charge on any atom is -0.329 e. The standard InChI is InChI=1S/C18H36N2/c1-18(2,3)15-11-9-14(10-12-15)17(13-19)20(4)16-7-5-6-8-16/h14-17H,5-13,19H2,1-4H3. The second-order valence-corrected chi connectivity index (χ2v) is 8.38. The van der Waals surface area contributed by atoms with Crippen molar-refractivity contribution in [1.82, 2.24) is 4.90 Å². The Morgan fingerprint density at radius 2 is 1.55 bits per heavy atom. The van der Waals surface area contributed by atoms with Gasteiger partial charge in [-0.3, -0.25) is 4.90 Å². The van der Waals surface area contributed by atoms with Gasteiger partial charge in [0.15, 0.2) is 0 Å². The van der Waals surface area contributed by atoms with Gasteiger partial charge in [-0.15, -0.1) is 0 Å². The van der Waals surface area contributed by atoms with E-state index in [0.717, 1.165) is 24.4 Å². The van der Waals surface area contributed by atoms with Gasteiger partial charge in [-0.25, -0.2) is 0 Å². The normalized spacial score (nSPS) is 30.9. The molecule has 0 aromatic heterocycles. The van der Waals surface area contributed by atoms with Crippen LogP contribution < -0.4 is 5.73 Å². The van der Waals surface area contributed by atoms with Gasteiger partial charge < -0.3 is 5.73 Å². The second kappa shape index (κ2) is 6.79. The van der Waals surface area contributed by atoms with E-state index in [4.69, 9.17) is 5.73 Å². The highest BCUT2D eigenvalue weighted by Gasteiger charge is 2.35. The summed E-state index contributed by atoms with van der Waals surface area (Å²) in [5.74, 6) is 1.75. The van der Waals surface area contributed by atoms with Crippen LogP contribution in [-0.4, -0.2) is 30.6 Å². The van der Waals surface area contributed by atoms with Crippen LogP contribution in [0.25, 0.3) is 0 Å². The minimum atomic E-state index is 0.487. The summed E-state index contributed by atoms with van der Waals surface area (Å²) in [6.45, 7) is 8.06. The van der Waals surface area contributed by atoms with Crippen molar-refractivity contribution in [3.63, 3.8) is 0 Å². The van der Waals surface area contributed by atoms with Gasteiger partial charge in [-0.05, 0) is 62.8 Å². The maximum atomic E-state index is 6.15. The van der Waals surface area contributed by atoms with E-state index in [2.05, 4.69) is 32.7 Å². The molecule has 2 aliphatic rings. The first kappa shape index (κ1) is 16.3. The Hall–Kier alpha value is -0.0800. The molecule has 2 saturated carbocycles. The molecule has 2 N–H and O–H groups in total. The molecule has 0 spiro atoms. The number of hydrogen-bond acceptors (Lipinski definition) is 2. The molecule has 0 amide bonds. The smallest absolute Gasteiger partial charge is 0.0246 e. The maximum Gasteiger partial charge on any atom is 0.0246 e. The third-order valence-corrected chi connectivity index (χ3v) is 6.21. The van der Waals surface area contributed by atoms with Gasteiger partial charge in [0.2, 0.25) is 0 Å². The van der Waals surface area contributed by atoms with Gasteiger partial charge in [0.1, 0.15) is 0 Å². The van der Waals surface area contributed by atoms with Crippen molar-refractivity contribution in [2.24, 2.45) is 23.0 Å². The molecule has 2 aliphatic carbocycles. The van der Waals surface area contributed by atoms with E-state index in [9.17, 15) is 0 Å². The fourth-order valence-electron chi connectivity index (χ4n) is 4.64. The average molecular weight is 281 g/mol. The lowest BCUT2D eigenvalue weighted by molar-refractivity contribution is 0.0743. The van der Waals surface area contributed by atoms with Crippen molar-refractivity contribution in [1.29, 1.82) is 0 Å². The van der Waals surface area contributed by atoms with Crippen LogP contribution in [0.1, 0.15) is 72.1 Å². The Balaban J connectivity index is 1.89. The van der Waals surface area contributed by atoms with Gasteiger partial charge in [-0.1, -0.05) is 33.6 Å². The van der Waals surface area contributed by atoms with Crippen molar-refractivity contribution in [3.8, 4) is 0 Å². The first-order chi connectivity index (χ1) is 9.43. The molecule has 0 aromatic rings. The number of nitrogens with two attached hydrogens (primary N) is 1. The topological polar surface area (TPSA) is 29.3 Å². The average Bonchev–Trinajstić information content (AvgIpc) is 2.93. The largest absolute Gasteiger partial charge is 0.329 e. The van der Waals surface area contributed by atoms with Crippen molar-refractivity contribution in [2.45, 2.75) is 84.2 Å². The van der Waals surface area contributed by atoms with Gasteiger partial charge in [0.05, 0.1) is 0 Å². The zero-order valence-electron chi connectivity index (χ0n) is 14.2. The van der Waals surface area contributed by atoms with Crippen molar-refractivity contribution in [3.05, 3.63) is 0 Å². The van der Waals surface area contributed by atoms with Gasteiger partial charge >= 0.3 is 0 Å². The van der Waals surface area contributed by atoms with Crippen LogP contribution in [0.2, 0.25) is 0 Å². The van der Waals surface area contributed by atoms with E-state index in [0.29, 0.717) is 11.5 Å². The SMILES string of the molecule is CN(C1CCCC1)C(CN)C1CCC(C(C)(C)C)CC1. The Bertz CT molecular complexity index is 280. The number of hydrogen-bond donors (Lipinski definition) is 1. The van der Waals surface area contributed by atoms with E-state index in [-0.39, 0.29) is 0 Å². The molecule has 0 bridgehead atoms. The van der Waals surface area contributed by atoms with Crippen molar-refractivity contribution in [2.75, 3.05) is 13.6 Å². The molecule has 2 fully saturated rings. The van der Waals surface area contributed by atoms with Gasteiger partial charge in [0.25, 0.3) is 0 Å². The van der Waals surface area contributed by atoms with E-state index in [1.54, 1.807) is 0 Å². The fourth-order valence-corrected chi connectivity index (χ4v) is 4.64. The predicted octanol–water partition coefficient (Wildman–Crippen LogP) is 4.04. The van der Waals surface area contributed by atoms with E-state index in [1.165, 1.54) is 51.4 Å². The Morgan fingerprint density at radius 1 is 1.00 bits per heavy atom. The van der Waals surface area contributed by atoms with Gasteiger partial charge in [0, 0.05) is 18.6 Å². The van der Waals surface area contributed by atoms with E-state index >= 15 is 0 Å². The maximum absolute atomic E-state index is 6.15. The Morgan fingerprint density at radius 3 is 2.00 bits per heavy atom. The summed E-state index contributed by atoms with van der Waals surface area (Å²) in [6, 6.07) is 1.43. The van der Waals surface area contributed by atoms with Crippen LogP contribution in [0.4, 0.5) is 0 Å². The summed E-state index contributed by atoms with van der Waals surface area (Å²) in [4.78, 5) is 2.65. The van der Waals surface area contributed by atoms with Crippen LogP contribution >= 0.6 is 0 Å². The second-order valence-electron chi connectivity index (χ2n) is 8.38. The molecule has 1 atom stereocenters. The molecule has 2 heteroatoms. The zero-order valence-corrected chi connectivity index (χ0v) is 14.2. The predicted molar refractivity (Wildman–Crippen MR) is 87.8 cm³/mol. The molecular formula is C18H36N2. The van der Waals surface area contributed by atoms with Crippen LogP contribution in [0.15, 0.2) is 0 Å². The monoisotopic (exact) mass is 280 g/mol. The highest BCUT2D eigenvalue weighted by atomic mass is 15.2. The quantitative estimate of drug-likeness (QED) is 0.842. The zero-order chi connectivity index (χ0) is 14.8. The molecular weight excluding hydrogens is 244 g/mol. The van der Waals surface area contributed by atoms with Gasteiger partial charge in [-0.2, -0.15) is 0 Å². The molecule has 20 heavy (non-hydrogen) atoms.